The van der Waals surface area contributed by atoms with Gasteiger partial charge in [-0.2, -0.15) is 4.36 Å². The summed E-state index contributed by atoms with van der Waals surface area (Å²) in [5, 5.41) is 0. The lowest BCUT2D eigenvalue weighted by atomic mass is 10.1. The van der Waals surface area contributed by atoms with E-state index in [-0.39, 0.29) is 6.04 Å². The Bertz CT molecular complexity index is 933. The summed E-state index contributed by atoms with van der Waals surface area (Å²) in [7, 11) is -1.84. The van der Waals surface area contributed by atoms with Crippen molar-refractivity contribution in [1.82, 2.24) is 15.0 Å². The van der Waals surface area contributed by atoms with E-state index in [4.69, 9.17) is 14.5 Å². The van der Waals surface area contributed by atoms with E-state index in [1.807, 2.05) is 37.8 Å². The van der Waals surface area contributed by atoms with Crippen molar-refractivity contribution in [1.29, 1.82) is 4.78 Å². The average molecular weight is 375 g/mol. The van der Waals surface area contributed by atoms with Crippen molar-refractivity contribution in [3.8, 4) is 0 Å². The number of aromatic amines is 1. The van der Waals surface area contributed by atoms with Gasteiger partial charge in [-0.15, -0.1) is 0 Å². The standard InChI is InChI=1S/C18H26N6OS/c1-12-11-25-9-8-24(12)17-10-16(23-26(4,5)19)21-18(22-17)13(2)15-6-7-20-14(15)3/h6-7,10,12,19-20H,2,8-9,11H2,1,3-5H3/t12-/m1/s1. The maximum atomic E-state index is 8.17. The summed E-state index contributed by atoms with van der Waals surface area (Å²) in [6.45, 7) is 10.4. The van der Waals surface area contributed by atoms with Crippen molar-refractivity contribution in [2.24, 2.45) is 4.36 Å². The topological polar surface area (TPSA) is 90.2 Å². The van der Waals surface area contributed by atoms with Crippen molar-refractivity contribution >= 4 is 26.8 Å². The molecule has 7 nitrogen and oxygen atoms in total. The molecule has 1 saturated heterocycles. The van der Waals surface area contributed by atoms with Gasteiger partial charge in [-0.25, -0.2) is 9.97 Å². The molecule has 0 bridgehead atoms. The zero-order chi connectivity index (χ0) is 18.9. The molecule has 1 atom stereocenters. The van der Waals surface area contributed by atoms with E-state index in [0.29, 0.717) is 24.9 Å². The van der Waals surface area contributed by atoms with Gasteiger partial charge in [0.25, 0.3) is 0 Å². The van der Waals surface area contributed by atoms with Gasteiger partial charge in [-0.05, 0) is 19.9 Å². The fourth-order valence-corrected chi connectivity index (χ4v) is 3.51. The van der Waals surface area contributed by atoms with Gasteiger partial charge in [0, 0.05) is 48.1 Å². The lowest BCUT2D eigenvalue weighted by molar-refractivity contribution is 0.0985. The number of morpholine rings is 1. The molecule has 140 valence electrons. The fourth-order valence-electron chi connectivity index (χ4n) is 2.95. The number of nitrogens with zero attached hydrogens (tertiary/aromatic N) is 4. The van der Waals surface area contributed by atoms with Crippen molar-refractivity contribution in [2.75, 3.05) is 37.2 Å². The lowest BCUT2D eigenvalue weighted by Crippen LogP contribution is -2.44. The van der Waals surface area contributed by atoms with Gasteiger partial charge in [0.1, 0.15) is 5.82 Å². The predicted octanol–water partition coefficient (Wildman–Crippen LogP) is 3.39. The Morgan fingerprint density at radius 1 is 1.46 bits per heavy atom. The Morgan fingerprint density at radius 3 is 2.85 bits per heavy atom. The Morgan fingerprint density at radius 2 is 2.23 bits per heavy atom. The molecule has 0 spiro atoms. The molecule has 3 rings (SSSR count). The van der Waals surface area contributed by atoms with Crippen LogP contribution in [0.25, 0.3) is 5.57 Å². The van der Waals surface area contributed by atoms with Crippen LogP contribution in [0.15, 0.2) is 29.3 Å². The number of aromatic nitrogens is 3. The number of aryl methyl sites for hydroxylation is 1. The Balaban J connectivity index is 2.10. The van der Waals surface area contributed by atoms with Crippen LogP contribution in [0.3, 0.4) is 0 Å². The fraction of sp³-hybridized carbons (Fsp3) is 0.444. The molecule has 8 heteroatoms. The van der Waals surface area contributed by atoms with Crippen LogP contribution in [0, 0.1) is 11.7 Å². The third-order valence-corrected chi connectivity index (χ3v) is 4.88. The summed E-state index contributed by atoms with van der Waals surface area (Å²) in [5.41, 5.74) is 2.76. The number of hydrogen-bond acceptors (Lipinski definition) is 6. The number of hydrogen-bond donors (Lipinski definition) is 2. The molecule has 2 N–H and O–H groups in total. The van der Waals surface area contributed by atoms with Crippen LogP contribution in [0.5, 0.6) is 0 Å². The Kier molecular flexibility index (Phi) is 5.15. The van der Waals surface area contributed by atoms with Gasteiger partial charge in [0.05, 0.1) is 19.3 Å². The van der Waals surface area contributed by atoms with E-state index in [9.17, 15) is 0 Å². The molecular formula is C18H26N6OS. The highest BCUT2D eigenvalue weighted by Crippen LogP contribution is 2.28. The van der Waals surface area contributed by atoms with E-state index in [1.54, 1.807) is 0 Å². The summed E-state index contributed by atoms with van der Waals surface area (Å²) < 4.78 is 18.2. The third kappa shape index (κ3) is 4.13. The first kappa shape index (κ1) is 18.6. The monoisotopic (exact) mass is 374 g/mol. The molecule has 0 aliphatic carbocycles. The van der Waals surface area contributed by atoms with Crippen molar-refractivity contribution in [2.45, 2.75) is 19.9 Å². The van der Waals surface area contributed by atoms with E-state index in [1.165, 1.54) is 0 Å². The minimum absolute atomic E-state index is 0.220. The summed E-state index contributed by atoms with van der Waals surface area (Å²) in [5.74, 6) is 1.89. The zero-order valence-electron chi connectivity index (χ0n) is 15.7. The van der Waals surface area contributed by atoms with Crippen LogP contribution >= 0.6 is 0 Å². The number of anilines is 1. The number of rotatable bonds is 4. The molecule has 26 heavy (non-hydrogen) atoms. The van der Waals surface area contributed by atoms with Crippen LogP contribution in [0.2, 0.25) is 0 Å². The molecular weight excluding hydrogens is 348 g/mol. The molecule has 2 aromatic rings. The minimum atomic E-state index is -1.84. The molecule has 1 aliphatic rings. The maximum Gasteiger partial charge on any atom is 0.165 e. The summed E-state index contributed by atoms with van der Waals surface area (Å²) >= 11 is 0. The first-order chi connectivity index (χ1) is 12.2. The molecule has 0 aromatic carbocycles. The highest BCUT2D eigenvalue weighted by Gasteiger charge is 2.22. The Hall–Kier alpha value is -2.19. The van der Waals surface area contributed by atoms with Crippen LogP contribution < -0.4 is 4.90 Å². The van der Waals surface area contributed by atoms with Gasteiger partial charge in [0.2, 0.25) is 0 Å². The molecule has 2 aromatic heterocycles. The lowest BCUT2D eigenvalue weighted by Gasteiger charge is -2.34. The van der Waals surface area contributed by atoms with E-state index in [0.717, 1.165) is 29.2 Å². The quantitative estimate of drug-likeness (QED) is 0.858. The van der Waals surface area contributed by atoms with Crippen molar-refractivity contribution in [3.63, 3.8) is 0 Å². The predicted molar refractivity (Wildman–Crippen MR) is 107 cm³/mol. The van der Waals surface area contributed by atoms with Gasteiger partial charge in [-0.3, -0.25) is 4.78 Å². The maximum absolute atomic E-state index is 8.17. The van der Waals surface area contributed by atoms with Gasteiger partial charge in [-0.1, -0.05) is 16.2 Å². The molecule has 1 fully saturated rings. The molecule has 1 aliphatic heterocycles. The number of H-pyrrole nitrogens is 1. The van der Waals surface area contributed by atoms with Crippen molar-refractivity contribution < 1.29 is 4.74 Å². The molecule has 0 saturated carbocycles. The SMILES string of the molecule is C=C(c1nc(N=S(C)(C)=N)cc(N2CCOC[C@H]2C)n1)c1cc[nH]c1C. The molecule has 0 unspecified atom stereocenters. The van der Waals surface area contributed by atoms with Crippen LogP contribution in [-0.4, -0.2) is 53.3 Å². The highest BCUT2D eigenvalue weighted by atomic mass is 32.2. The van der Waals surface area contributed by atoms with E-state index < -0.39 is 9.62 Å². The Labute approximate surface area is 155 Å². The summed E-state index contributed by atoms with van der Waals surface area (Å²) in [4.78, 5) is 14.7. The largest absolute Gasteiger partial charge is 0.377 e. The van der Waals surface area contributed by atoms with Crippen LogP contribution in [-0.2, 0) is 14.4 Å². The second-order valence-corrected chi connectivity index (χ2v) is 9.61. The summed E-state index contributed by atoms with van der Waals surface area (Å²) in [6, 6.07) is 4.06. The summed E-state index contributed by atoms with van der Waals surface area (Å²) in [6.07, 6.45) is 5.51. The van der Waals surface area contributed by atoms with Crippen molar-refractivity contribution in [3.05, 3.63) is 42.0 Å². The minimum Gasteiger partial charge on any atom is -0.377 e. The molecule has 0 amide bonds. The van der Waals surface area contributed by atoms with Gasteiger partial charge < -0.3 is 14.6 Å². The second-order valence-electron chi connectivity index (χ2n) is 6.88. The second kappa shape index (κ2) is 7.20. The molecule has 3 heterocycles. The first-order valence-electron chi connectivity index (χ1n) is 8.52. The van der Waals surface area contributed by atoms with E-state index in [2.05, 4.69) is 32.7 Å². The van der Waals surface area contributed by atoms with E-state index >= 15 is 0 Å². The highest BCUT2D eigenvalue weighted by molar-refractivity contribution is 7.93. The van der Waals surface area contributed by atoms with Gasteiger partial charge >= 0.3 is 0 Å². The van der Waals surface area contributed by atoms with Gasteiger partial charge in [0.15, 0.2) is 11.6 Å². The smallest absolute Gasteiger partial charge is 0.165 e. The number of nitrogens with one attached hydrogen (secondary N) is 2. The normalized spacial score (nSPS) is 18.0. The van der Waals surface area contributed by atoms with Crippen LogP contribution in [0.1, 0.15) is 24.0 Å². The van der Waals surface area contributed by atoms with Crippen LogP contribution in [0.4, 0.5) is 11.6 Å². The third-order valence-electron chi connectivity index (χ3n) is 4.23. The number of ether oxygens (including phenoxy) is 1. The first-order valence-corrected chi connectivity index (χ1v) is 10.9. The average Bonchev–Trinajstić information content (AvgIpc) is 2.98. The zero-order valence-corrected chi connectivity index (χ0v) is 16.6. The molecule has 0 radical (unpaired) electrons.